The summed E-state index contributed by atoms with van der Waals surface area (Å²) in [7, 11) is 0. The molecule has 2 nitrogen and oxygen atoms in total. The molecule has 0 amide bonds. The molecule has 0 bridgehead atoms. The van der Waals surface area contributed by atoms with E-state index in [4.69, 9.17) is 4.74 Å². The van der Waals surface area contributed by atoms with Gasteiger partial charge in [0.15, 0.2) is 5.78 Å². The maximum atomic E-state index is 11.3. The van der Waals surface area contributed by atoms with Gasteiger partial charge in [0, 0.05) is 10.0 Å². The van der Waals surface area contributed by atoms with Crippen LogP contribution in [0, 0.1) is 0 Å². The lowest BCUT2D eigenvalue weighted by Gasteiger charge is -2.08. The highest BCUT2D eigenvalue weighted by Gasteiger charge is 2.06. The number of ether oxygens (including phenoxy) is 1. The number of hydrogen-bond donors (Lipinski definition) is 0. The second kappa shape index (κ2) is 8.30. The summed E-state index contributed by atoms with van der Waals surface area (Å²) >= 11 is 3.39. The lowest BCUT2D eigenvalue weighted by molar-refractivity contribution is 0.101. The Morgan fingerprint density at radius 1 is 1.22 bits per heavy atom. The first-order valence-corrected chi connectivity index (χ1v) is 7.37. The molecule has 0 saturated carbocycles. The highest BCUT2D eigenvalue weighted by molar-refractivity contribution is 9.10. The van der Waals surface area contributed by atoms with Crippen LogP contribution in [0.15, 0.2) is 22.7 Å². The standard InChI is InChI=1S/C15H21BrO2/c1-3-4-5-6-7-10-18-13-8-9-14(12(2)17)15(16)11-13/h8-9,11H,3-7,10H2,1-2H3. The van der Waals surface area contributed by atoms with Crippen molar-refractivity contribution in [2.75, 3.05) is 6.61 Å². The van der Waals surface area contributed by atoms with Crippen molar-refractivity contribution in [2.24, 2.45) is 0 Å². The van der Waals surface area contributed by atoms with Crippen molar-refractivity contribution in [3.63, 3.8) is 0 Å². The summed E-state index contributed by atoms with van der Waals surface area (Å²) in [6.07, 6.45) is 6.17. The van der Waals surface area contributed by atoms with Gasteiger partial charge in [-0.25, -0.2) is 0 Å². The van der Waals surface area contributed by atoms with Crippen molar-refractivity contribution in [2.45, 2.75) is 46.0 Å². The molecule has 0 aromatic heterocycles. The van der Waals surface area contributed by atoms with Crippen LogP contribution in [-0.2, 0) is 0 Å². The molecule has 0 aliphatic carbocycles. The van der Waals surface area contributed by atoms with Crippen molar-refractivity contribution < 1.29 is 9.53 Å². The summed E-state index contributed by atoms with van der Waals surface area (Å²) in [6, 6.07) is 5.52. The SMILES string of the molecule is CCCCCCCOc1ccc(C(C)=O)c(Br)c1. The zero-order chi connectivity index (χ0) is 13.4. The largest absolute Gasteiger partial charge is 0.494 e. The van der Waals surface area contributed by atoms with Crippen LogP contribution in [0.4, 0.5) is 0 Å². The molecule has 100 valence electrons. The van der Waals surface area contributed by atoms with Crippen molar-refractivity contribution in [3.8, 4) is 5.75 Å². The summed E-state index contributed by atoms with van der Waals surface area (Å²) in [5.41, 5.74) is 0.699. The van der Waals surface area contributed by atoms with Crippen LogP contribution >= 0.6 is 15.9 Å². The Balaban J connectivity index is 2.35. The number of rotatable bonds is 8. The molecular formula is C15H21BrO2. The van der Waals surface area contributed by atoms with Crippen LogP contribution < -0.4 is 4.74 Å². The molecule has 0 aliphatic heterocycles. The molecular weight excluding hydrogens is 292 g/mol. The lowest BCUT2D eigenvalue weighted by atomic mass is 10.1. The second-order valence-corrected chi connectivity index (χ2v) is 5.31. The van der Waals surface area contributed by atoms with Crippen LogP contribution in [0.1, 0.15) is 56.3 Å². The maximum absolute atomic E-state index is 11.3. The predicted molar refractivity (Wildman–Crippen MR) is 78.4 cm³/mol. The Morgan fingerprint density at radius 3 is 2.56 bits per heavy atom. The monoisotopic (exact) mass is 312 g/mol. The topological polar surface area (TPSA) is 26.3 Å². The highest BCUT2D eigenvalue weighted by atomic mass is 79.9. The van der Waals surface area contributed by atoms with E-state index in [1.807, 2.05) is 12.1 Å². The molecule has 1 rings (SSSR count). The first-order valence-electron chi connectivity index (χ1n) is 6.58. The van der Waals surface area contributed by atoms with Gasteiger partial charge in [0.05, 0.1) is 6.61 Å². The minimum absolute atomic E-state index is 0.0630. The predicted octanol–water partition coefficient (Wildman–Crippen LogP) is 5.00. The third-order valence-corrected chi connectivity index (χ3v) is 3.49. The molecule has 1 aromatic carbocycles. The number of ketones is 1. The maximum Gasteiger partial charge on any atom is 0.160 e. The van der Waals surface area contributed by atoms with E-state index in [-0.39, 0.29) is 5.78 Å². The van der Waals surface area contributed by atoms with Crippen LogP contribution in [0.3, 0.4) is 0 Å². The smallest absolute Gasteiger partial charge is 0.160 e. The lowest BCUT2D eigenvalue weighted by Crippen LogP contribution is -1.99. The van der Waals surface area contributed by atoms with E-state index >= 15 is 0 Å². The first-order chi connectivity index (χ1) is 8.65. The summed E-state index contributed by atoms with van der Waals surface area (Å²) in [6.45, 7) is 4.52. The van der Waals surface area contributed by atoms with E-state index < -0.39 is 0 Å². The van der Waals surface area contributed by atoms with Gasteiger partial charge in [0.1, 0.15) is 5.75 Å². The summed E-state index contributed by atoms with van der Waals surface area (Å²) < 4.78 is 6.46. The Labute approximate surface area is 118 Å². The van der Waals surface area contributed by atoms with Crippen LogP contribution in [0.25, 0.3) is 0 Å². The molecule has 0 radical (unpaired) electrons. The van der Waals surface area contributed by atoms with Gasteiger partial charge in [-0.05, 0) is 47.5 Å². The Kier molecular flexibility index (Phi) is 7.02. The van der Waals surface area contributed by atoms with Gasteiger partial charge >= 0.3 is 0 Å². The van der Waals surface area contributed by atoms with E-state index in [0.29, 0.717) is 5.56 Å². The third kappa shape index (κ3) is 5.21. The van der Waals surface area contributed by atoms with Gasteiger partial charge in [-0.2, -0.15) is 0 Å². The van der Waals surface area contributed by atoms with E-state index in [0.717, 1.165) is 23.2 Å². The normalized spacial score (nSPS) is 10.4. The zero-order valence-electron chi connectivity index (χ0n) is 11.2. The van der Waals surface area contributed by atoms with E-state index in [1.165, 1.54) is 25.7 Å². The average Bonchev–Trinajstić information content (AvgIpc) is 2.33. The van der Waals surface area contributed by atoms with Crippen molar-refractivity contribution in [1.82, 2.24) is 0 Å². The minimum Gasteiger partial charge on any atom is -0.494 e. The molecule has 1 aromatic rings. The molecule has 0 atom stereocenters. The van der Waals surface area contributed by atoms with Gasteiger partial charge in [0.25, 0.3) is 0 Å². The number of unbranched alkanes of at least 4 members (excludes halogenated alkanes) is 4. The first kappa shape index (κ1) is 15.2. The minimum atomic E-state index is 0.0630. The Bertz CT molecular complexity index is 388. The van der Waals surface area contributed by atoms with Gasteiger partial charge < -0.3 is 4.74 Å². The van der Waals surface area contributed by atoms with Gasteiger partial charge in [-0.15, -0.1) is 0 Å². The molecule has 0 saturated heterocycles. The number of benzene rings is 1. The molecule has 0 unspecified atom stereocenters. The van der Waals surface area contributed by atoms with Crippen LogP contribution in [-0.4, -0.2) is 12.4 Å². The van der Waals surface area contributed by atoms with Crippen LogP contribution in [0.2, 0.25) is 0 Å². The molecule has 0 aliphatic rings. The van der Waals surface area contributed by atoms with Gasteiger partial charge in [-0.3, -0.25) is 4.79 Å². The van der Waals surface area contributed by atoms with Crippen molar-refractivity contribution in [3.05, 3.63) is 28.2 Å². The number of Topliss-reactive ketones (excluding diaryl/α,β-unsaturated/α-hetero) is 1. The second-order valence-electron chi connectivity index (χ2n) is 4.46. The van der Waals surface area contributed by atoms with Gasteiger partial charge in [-0.1, -0.05) is 32.6 Å². The molecule has 18 heavy (non-hydrogen) atoms. The van der Waals surface area contributed by atoms with E-state index in [9.17, 15) is 4.79 Å². The number of hydrogen-bond acceptors (Lipinski definition) is 2. The fourth-order valence-corrected chi connectivity index (χ4v) is 2.40. The fourth-order valence-electron chi connectivity index (χ4n) is 1.77. The molecule has 3 heteroatoms. The number of carbonyl (C=O) groups is 1. The molecule has 0 spiro atoms. The summed E-state index contributed by atoms with van der Waals surface area (Å²) in [5.74, 6) is 0.885. The quantitative estimate of drug-likeness (QED) is 0.498. The van der Waals surface area contributed by atoms with Crippen LogP contribution in [0.5, 0.6) is 5.75 Å². The number of carbonyl (C=O) groups excluding carboxylic acids is 1. The molecule has 0 N–H and O–H groups in total. The zero-order valence-corrected chi connectivity index (χ0v) is 12.8. The average molecular weight is 313 g/mol. The Hall–Kier alpha value is -0.830. The summed E-state index contributed by atoms with van der Waals surface area (Å²) in [4.78, 5) is 11.3. The highest BCUT2D eigenvalue weighted by Crippen LogP contribution is 2.23. The molecule has 0 heterocycles. The number of halogens is 1. The van der Waals surface area contributed by atoms with E-state index in [1.54, 1.807) is 13.0 Å². The molecule has 0 fully saturated rings. The third-order valence-electron chi connectivity index (χ3n) is 2.84. The van der Waals surface area contributed by atoms with Crippen molar-refractivity contribution in [1.29, 1.82) is 0 Å². The van der Waals surface area contributed by atoms with Crippen molar-refractivity contribution >= 4 is 21.7 Å². The van der Waals surface area contributed by atoms with Gasteiger partial charge in [0.2, 0.25) is 0 Å². The fraction of sp³-hybridized carbons (Fsp3) is 0.533. The Morgan fingerprint density at radius 2 is 1.94 bits per heavy atom. The summed E-state index contributed by atoms with van der Waals surface area (Å²) in [5, 5.41) is 0. The van der Waals surface area contributed by atoms with E-state index in [2.05, 4.69) is 22.9 Å².